The summed E-state index contributed by atoms with van der Waals surface area (Å²) in [5.41, 5.74) is -0.561. The molecular formula is C14H17F2NO3. The molecule has 0 radical (unpaired) electrons. The molecule has 0 fully saturated rings. The molecule has 1 amide bonds. The third-order valence-electron chi connectivity index (χ3n) is 3.00. The van der Waals surface area contributed by atoms with Crippen molar-refractivity contribution in [1.82, 2.24) is 5.32 Å². The average molecular weight is 285 g/mol. The van der Waals surface area contributed by atoms with Gasteiger partial charge >= 0.3 is 5.97 Å². The summed E-state index contributed by atoms with van der Waals surface area (Å²) in [5.74, 6) is -3.26. The third kappa shape index (κ3) is 4.60. The van der Waals surface area contributed by atoms with Crippen LogP contribution in [0.4, 0.5) is 8.78 Å². The zero-order valence-corrected chi connectivity index (χ0v) is 11.4. The first-order chi connectivity index (χ1) is 9.22. The van der Waals surface area contributed by atoms with E-state index in [1.807, 2.05) is 0 Å². The highest BCUT2D eigenvalue weighted by atomic mass is 19.2. The zero-order chi connectivity index (χ0) is 15.3. The Bertz CT molecular complexity index is 515. The van der Waals surface area contributed by atoms with Crippen LogP contribution in [0.1, 0.15) is 25.8 Å². The van der Waals surface area contributed by atoms with Crippen LogP contribution in [0.3, 0.4) is 0 Å². The molecule has 0 saturated heterocycles. The molecule has 0 heterocycles. The van der Waals surface area contributed by atoms with Gasteiger partial charge in [-0.2, -0.15) is 0 Å². The summed E-state index contributed by atoms with van der Waals surface area (Å²) < 4.78 is 25.7. The lowest BCUT2D eigenvalue weighted by molar-refractivity contribution is -0.147. The monoisotopic (exact) mass is 285 g/mol. The lowest BCUT2D eigenvalue weighted by Gasteiger charge is -2.18. The van der Waals surface area contributed by atoms with Gasteiger partial charge in [-0.1, -0.05) is 6.07 Å². The highest BCUT2D eigenvalue weighted by molar-refractivity contribution is 5.78. The number of carbonyl (C=O) groups excluding carboxylic acids is 1. The summed E-state index contributed by atoms with van der Waals surface area (Å²) in [4.78, 5) is 22.5. The van der Waals surface area contributed by atoms with Crippen molar-refractivity contribution in [3.05, 3.63) is 35.4 Å². The molecule has 0 unspecified atom stereocenters. The van der Waals surface area contributed by atoms with Crippen molar-refractivity contribution in [3.8, 4) is 0 Å². The summed E-state index contributed by atoms with van der Waals surface area (Å²) in [5, 5.41) is 11.5. The molecule has 0 aliphatic heterocycles. The molecule has 0 aliphatic carbocycles. The van der Waals surface area contributed by atoms with E-state index in [0.29, 0.717) is 5.56 Å². The standard InChI is InChI=1S/C14H17F2NO3/c1-14(2,13(19)20)5-6-17-12(18)8-9-3-4-10(15)11(16)7-9/h3-4,7H,5-6,8H2,1-2H3,(H,17,18)(H,19,20). The highest BCUT2D eigenvalue weighted by Gasteiger charge is 2.26. The van der Waals surface area contributed by atoms with Gasteiger partial charge in [0.1, 0.15) is 0 Å². The molecule has 2 N–H and O–H groups in total. The maximum Gasteiger partial charge on any atom is 0.309 e. The zero-order valence-electron chi connectivity index (χ0n) is 11.4. The second kappa shape index (κ2) is 6.45. The molecule has 0 aromatic heterocycles. The fourth-order valence-corrected chi connectivity index (χ4v) is 1.52. The third-order valence-corrected chi connectivity index (χ3v) is 3.00. The average Bonchev–Trinajstić information content (AvgIpc) is 2.33. The number of carbonyl (C=O) groups is 2. The number of rotatable bonds is 6. The first-order valence-electron chi connectivity index (χ1n) is 6.16. The Kier molecular flexibility index (Phi) is 5.19. The smallest absolute Gasteiger partial charge is 0.309 e. The number of amides is 1. The van der Waals surface area contributed by atoms with Gasteiger partial charge in [0.05, 0.1) is 11.8 Å². The van der Waals surface area contributed by atoms with Crippen LogP contribution >= 0.6 is 0 Å². The Labute approximate surface area is 115 Å². The minimum absolute atomic E-state index is 0.0787. The molecule has 0 aliphatic rings. The molecule has 0 atom stereocenters. The molecule has 0 spiro atoms. The van der Waals surface area contributed by atoms with Crippen molar-refractivity contribution in [2.24, 2.45) is 5.41 Å². The quantitative estimate of drug-likeness (QED) is 0.841. The normalized spacial score (nSPS) is 11.2. The number of aliphatic carboxylic acids is 1. The van der Waals surface area contributed by atoms with Crippen molar-refractivity contribution in [1.29, 1.82) is 0 Å². The Hall–Kier alpha value is -1.98. The van der Waals surface area contributed by atoms with Crippen LogP contribution in [0.15, 0.2) is 18.2 Å². The van der Waals surface area contributed by atoms with Crippen molar-refractivity contribution >= 4 is 11.9 Å². The Balaban J connectivity index is 2.44. The van der Waals surface area contributed by atoms with Gasteiger partial charge in [0.25, 0.3) is 0 Å². The van der Waals surface area contributed by atoms with Crippen molar-refractivity contribution in [2.75, 3.05) is 6.54 Å². The van der Waals surface area contributed by atoms with Crippen LogP contribution in [-0.4, -0.2) is 23.5 Å². The molecule has 1 rings (SSSR count). The number of hydrogen-bond acceptors (Lipinski definition) is 2. The number of hydrogen-bond donors (Lipinski definition) is 2. The van der Waals surface area contributed by atoms with Crippen LogP contribution in [-0.2, 0) is 16.0 Å². The van der Waals surface area contributed by atoms with Gasteiger partial charge in [-0.3, -0.25) is 9.59 Å². The van der Waals surface area contributed by atoms with Crippen LogP contribution < -0.4 is 5.32 Å². The highest BCUT2D eigenvalue weighted by Crippen LogP contribution is 2.19. The molecule has 1 aromatic carbocycles. The predicted molar refractivity (Wildman–Crippen MR) is 69.1 cm³/mol. The lowest BCUT2D eigenvalue weighted by Crippen LogP contribution is -2.32. The van der Waals surface area contributed by atoms with Gasteiger partial charge < -0.3 is 10.4 Å². The largest absolute Gasteiger partial charge is 0.481 e. The first kappa shape index (κ1) is 16.1. The van der Waals surface area contributed by atoms with E-state index in [1.54, 1.807) is 13.8 Å². The molecule has 0 saturated carbocycles. The van der Waals surface area contributed by atoms with Gasteiger partial charge in [-0.15, -0.1) is 0 Å². The molecule has 0 bridgehead atoms. The van der Waals surface area contributed by atoms with Crippen molar-refractivity contribution in [3.63, 3.8) is 0 Å². The topological polar surface area (TPSA) is 66.4 Å². The van der Waals surface area contributed by atoms with E-state index in [2.05, 4.69) is 5.32 Å². The molecule has 110 valence electrons. The molecule has 6 heteroatoms. The van der Waals surface area contributed by atoms with Gasteiger partial charge in [0, 0.05) is 6.54 Å². The maximum absolute atomic E-state index is 13.0. The maximum atomic E-state index is 13.0. The van der Waals surface area contributed by atoms with E-state index < -0.39 is 23.0 Å². The van der Waals surface area contributed by atoms with Gasteiger partial charge in [-0.05, 0) is 38.0 Å². The van der Waals surface area contributed by atoms with Crippen LogP contribution in [0.25, 0.3) is 0 Å². The number of halogens is 2. The second-order valence-electron chi connectivity index (χ2n) is 5.21. The fraction of sp³-hybridized carbons (Fsp3) is 0.429. The lowest BCUT2D eigenvalue weighted by atomic mass is 9.90. The van der Waals surface area contributed by atoms with Gasteiger partial charge in [-0.25, -0.2) is 8.78 Å². The minimum atomic E-state index is -0.998. The van der Waals surface area contributed by atoms with Crippen LogP contribution in [0.5, 0.6) is 0 Å². The Morgan fingerprint density at radius 3 is 2.45 bits per heavy atom. The van der Waals surface area contributed by atoms with E-state index >= 15 is 0 Å². The van der Waals surface area contributed by atoms with E-state index in [9.17, 15) is 18.4 Å². The molecule has 1 aromatic rings. The fourth-order valence-electron chi connectivity index (χ4n) is 1.52. The van der Waals surface area contributed by atoms with E-state index in [0.717, 1.165) is 12.1 Å². The van der Waals surface area contributed by atoms with Gasteiger partial charge in [0.2, 0.25) is 5.91 Å². The Morgan fingerprint density at radius 1 is 1.25 bits per heavy atom. The number of carboxylic acids is 1. The van der Waals surface area contributed by atoms with E-state index in [4.69, 9.17) is 5.11 Å². The molecular weight excluding hydrogens is 268 g/mol. The first-order valence-corrected chi connectivity index (χ1v) is 6.16. The predicted octanol–water partition coefficient (Wildman–Crippen LogP) is 2.12. The van der Waals surface area contributed by atoms with E-state index in [1.165, 1.54) is 6.07 Å². The summed E-state index contributed by atoms with van der Waals surface area (Å²) in [7, 11) is 0. The minimum Gasteiger partial charge on any atom is -0.481 e. The van der Waals surface area contributed by atoms with E-state index in [-0.39, 0.29) is 25.3 Å². The van der Waals surface area contributed by atoms with Crippen molar-refractivity contribution in [2.45, 2.75) is 26.7 Å². The van der Waals surface area contributed by atoms with Crippen molar-refractivity contribution < 1.29 is 23.5 Å². The van der Waals surface area contributed by atoms with Gasteiger partial charge in [0.15, 0.2) is 11.6 Å². The summed E-state index contributed by atoms with van der Waals surface area (Å²) in [6, 6.07) is 3.26. The van der Waals surface area contributed by atoms with Crippen LogP contribution in [0, 0.1) is 17.0 Å². The van der Waals surface area contributed by atoms with Crippen LogP contribution in [0.2, 0.25) is 0 Å². The summed E-state index contributed by atoms with van der Waals surface area (Å²) in [6.45, 7) is 3.34. The Morgan fingerprint density at radius 2 is 1.90 bits per heavy atom. The number of benzene rings is 1. The summed E-state index contributed by atoms with van der Waals surface area (Å²) >= 11 is 0. The molecule has 4 nitrogen and oxygen atoms in total. The summed E-state index contributed by atoms with van der Waals surface area (Å²) in [6.07, 6.45) is 0.205. The molecule has 20 heavy (non-hydrogen) atoms. The number of carboxylic acid groups (broad SMARTS) is 1. The second-order valence-corrected chi connectivity index (χ2v) is 5.21. The SMILES string of the molecule is CC(C)(CCNC(=O)Cc1ccc(F)c(F)c1)C(=O)O. The number of nitrogens with one attached hydrogen (secondary N) is 1.